The molecule has 0 radical (unpaired) electrons. The van der Waals surface area contributed by atoms with E-state index in [1.165, 1.54) is 35.9 Å². The number of sulfonamides is 1. The minimum Gasteiger partial charge on any atom is -0.468 e. The number of hydrogen-bond donors (Lipinski definition) is 2. The minimum atomic E-state index is -3.67. The summed E-state index contributed by atoms with van der Waals surface area (Å²) < 4.78 is 32.4. The van der Waals surface area contributed by atoms with Crippen LogP contribution in [0.5, 0.6) is 0 Å². The van der Waals surface area contributed by atoms with E-state index in [0.717, 1.165) is 19.3 Å². The Bertz CT molecular complexity index is 1100. The van der Waals surface area contributed by atoms with E-state index >= 15 is 0 Å². The van der Waals surface area contributed by atoms with Crippen molar-refractivity contribution in [1.82, 2.24) is 4.72 Å². The first-order valence-electron chi connectivity index (χ1n) is 9.56. The molecule has 1 aliphatic carbocycles. The molecule has 3 aromatic rings. The fourth-order valence-corrected chi connectivity index (χ4v) is 4.45. The highest BCUT2D eigenvalue weighted by Crippen LogP contribution is 2.23. The van der Waals surface area contributed by atoms with E-state index in [2.05, 4.69) is 10.0 Å². The highest BCUT2D eigenvalue weighted by Gasteiger charge is 2.16. The second-order valence-electron chi connectivity index (χ2n) is 7.07. The lowest BCUT2D eigenvalue weighted by atomic mass is 9.90. The van der Waals surface area contributed by atoms with Crippen molar-refractivity contribution in [2.24, 2.45) is 0 Å². The lowest BCUT2D eigenvalue weighted by molar-refractivity contribution is 0.102. The van der Waals surface area contributed by atoms with Crippen LogP contribution in [0.25, 0.3) is 0 Å². The molecule has 0 unspecified atom stereocenters. The molecule has 2 N–H and O–H groups in total. The van der Waals surface area contributed by atoms with Crippen molar-refractivity contribution in [3.8, 4) is 0 Å². The Labute approximate surface area is 170 Å². The first-order valence-corrected chi connectivity index (χ1v) is 11.0. The Hall–Kier alpha value is -2.90. The maximum absolute atomic E-state index is 12.6. The topological polar surface area (TPSA) is 88.4 Å². The van der Waals surface area contributed by atoms with E-state index in [1.54, 1.807) is 24.3 Å². The van der Waals surface area contributed by atoms with Crippen molar-refractivity contribution in [2.45, 2.75) is 37.1 Å². The number of amides is 1. The minimum absolute atomic E-state index is 0.0755. The van der Waals surface area contributed by atoms with Gasteiger partial charge in [0, 0.05) is 11.3 Å². The summed E-state index contributed by atoms with van der Waals surface area (Å²) >= 11 is 0. The quantitative estimate of drug-likeness (QED) is 0.645. The molecule has 0 atom stereocenters. The second-order valence-corrected chi connectivity index (χ2v) is 8.84. The van der Waals surface area contributed by atoms with Gasteiger partial charge in [-0.05, 0) is 85.3 Å². The van der Waals surface area contributed by atoms with E-state index in [9.17, 15) is 13.2 Å². The van der Waals surface area contributed by atoms with Gasteiger partial charge in [-0.3, -0.25) is 4.79 Å². The van der Waals surface area contributed by atoms with Crippen molar-refractivity contribution in [2.75, 3.05) is 5.32 Å². The summed E-state index contributed by atoms with van der Waals surface area (Å²) in [6.45, 7) is 0.0755. The molecular formula is C22H22N2O4S. The summed E-state index contributed by atoms with van der Waals surface area (Å²) in [6, 6.07) is 15.3. The van der Waals surface area contributed by atoms with Crippen LogP contribution in [0.3, 0.4) is 0 Å². The lowest BCUT2D eigenvalue weighted by Gasteiger charge is -2.16. The van der Waals surface area contributed by atoms with Gasteiger partial charge in [0.05, 0.1) is 17.7 Å². The zero-order valence-corrected chi connectivity index (χ0v) is 16.7. The molecule has 7 heteroatoms. The van der Waals surface area contributed by atoms with Crippen molar-refractivity contribution < 1.29 is 17.6 Å². The van der Waals surface area contributed by atoms with Crippen LogP contribution < -0.4 is 10.0 Å². The van der Waals surface area contributed by atoms with E-state index in [4.69, 9.17) is 4.42 Å². The number of rotatable bonds is 6. The van der Waals surface area contributed by atoms with E-state index < -0.39 is 10.0 Å². The molecule has 0 saturated carbocycles. The average molecular weight is 410 g/mol. The monoisotopic (exact) mass is 410 g/mol. The maximum atomic E-state index is 12.6. The Balaban J connectivity index is 1.42. The van der Waals surface area contributed by atoms with Gasteiger partial charge in [0.2, 0.25) is 10.0 Å². The first-order chi connectivity index (χ1) is 14.0. The number of hydrogen-bond acceptors (Lipinski definition) is 4. The number of fused-ring (bicyclic) bond motifs is 1. The molecule has 1 aliphatic rings. The summed E-state index contributed by atoms with van der Waals surface area (Å²) in [5.74, 6) is 0.326. The fourth-order valence-electron chi connectivity index (χ4n) is 3.46. The number of anilines is 1. The molecule has 150 valence electrons. The van der Waals surface area contributed by atoms with Crippen molar-refractivity contribution >= 4 is 21.6 Å². The van der Waals surface area contributed by atoms with Crippen LogP contribution in [0.1, 0.15) is 40.1 Å². The number of aryl methyl sites for hydroxylation is 2. The number of carbonyl (C=O) groups is 1. The van der Waals surface area contributed by atoms with Gasteiger partial charge < -0.3 is 9.73 Å². The summed E-state index contributed by atoms with van der Waals surface area (Å²) in [4.78, 5) is 12.7. The third kappa shape index (κ3) is 4.58. The zero-order chi connectivity index (χ0) is 20.3. The van der Waals surface area contributed by atoms with Crippen LogP contribution in [-0.4, -0.2) is 14.3 Å². The van der Waals surface area contributed by atoms with Gasteiger partial charge in [-0.2, -0.15) is 0 Å². The van der Waals surface area contributed by atoms with Crippen molar-refractivity contribution in [3.63, 3.8) is 0 Å². The normalized spacial score (nSPS) is 13.7. The lowest BCUT2D eigenvalue weighted by Crippen LogP contribution is -2.23. The number of nitrogens with one attached hydrogen (secondary N) is 2. The fraction of sp³-hybridized carbons (Fsp3) is 0.227. The zero-order valence-electron chi connectivity index (χ0n) is 15.9. The molecule has 0 saturated heterocycles. The van der Waals surface area contributed by atoms with Crippen molar-refractivity contribution in [1.29, 1.82) is 0 Å². The second kappa shape index (κ2) is 8.23. The van der Waals surface area contributed by atoms with Crippen LogP contribution in [0.2, 0.25) is 0 Å². The summed E-state index contributed by atoms with van der Waals surface area (Å²) in [5, 5.41) is 2.83. The molecule has 1 amide bonds. The predicted molar refractivity (Wildman–Crippen MR) is 110 cm³/mol. The highest BCUT2D eigenvalue weighted by atomic mass is 32.2. The average Bonchev–Trinajstić information content (AvgIpc) is 3.26. The van der Waals surface area contributed by atoms with Gasteiger partial charge in [-0.15, -0.1) is 0 Å². The molecule has 1 aromatic heterocycles. The highest BCUT2D eigenvalue weighted by molar-refractivity contribution is 7.89. The van der Waals surface area contributed by atoms with E-state index in [0.29, 0.717) is 17.0 Å². The van der Waals surface area contributed by atoms with Crippen LogP contribution in [-0.2, 0) is 29.4 Å². The van der Waals surface area contributed by atoms with Crippen molar-refractivity contribution in [3.05, 3.63) is 83.3 Å². The predicted octanol–water partition coefficient (Wildman–Crippen LogP) is 3.89. The van der Waals surface area contributed by atoms with Crippen LogP contribution in [0.4, 0.5) is 5.69 Å². The smallest absolute Gasteiger partial charge is 0.255 e. The SMILES string of the molecule is O=C(Nc1ccc(S(=O)(=O)NCc2ccco2)cc1)c1ccc2c(c1)CCCC2. The van der Waals surface area contributed by atoms with Gasteiger partial charge in [-0.1, -0.05) is 6.07 Å². The molecule has 0 fully saturated rings. The van der Waals surface area contributed by atoms with Gasteiger partial charge in [0.1, 0.15) is 5.76 Å². The molecule has 29 heavy (non-hydrogen) atoms. The summed E-state index contributed by atoms with van der Waals surface area (Å²) in [6.07, 6.45) is 5.92. The van der Waals surface area contributed by atoms with Crippen LogP contribution >= 0.6 is 0 Å². The Morgan fingerprint density at radius 3 is 2.45 bits per heavy atom. The maximum Gasteiger partial charge on any atom is 0.255 e. The molecule has 6 nitrogen and oxygen atoms in total. The van der Waals surface area contributed by atoms with Crippen LogP contribution in [0, 0.1) is 0 Å². The molecule has 2 aromatic carbocycles. The Morgan fingerprint density at radius 2 is 1.72 bits per heavy atom. The molecule has 0 bridgehead atoms. The number of carbonyl (C=O) groups excluding carboxylic acids is 1. The van der Waals surface area contributed by atoms with Gasteiger partial charge in [-0.25, -0.2) is 13.1 Å². The first kappa shape index (κ1) is 19.4. The molecule has 0 aliphatic heterocycles. The van der Waals surface area contributed by atoms with Gasteiger partial charge >= 0.3 is 0 Å². The molecule has 0 spiro atoms. The Kier molecular flexibility index (Phi) is 5.51. The van der Waals surface area contributed by atoms with E-state index in [-0.39, 0.29) is 17.3 Å². The third-order valence-corrected chi connectivity index (χ3v) is 6.47. The standard InChI is InChI=1S/C22H22N2O4S/c25-22(18-8-7-16-4-1-2-5-17(16)14-18)24-19-9-11-21(12-10-19)29(26,27)23-15-20-6-3-13-28-20/h3,6-14,23H,1-2,4-5,15H2,(H,24,25). The molecule has 1 heterocycles. The summed E-state index contributed by atoms with van der Waals surface area (Å²) in [5.41, 5.74) is 3.72. The molecule has 4 rings (SSSR count). The van der Waals surface area contributed by atoms with Gasteiger partial charge in [0.25, 0.3) is 5.91 Å². The number of furan rings is 1. The third-order valence-electron chi connectivity index (χ3n) is 5.05. The Morgan fingerprint density at radius 1 is 0.966 bits per heavy atom. The summed E-state index contributed by atoms with van der Waals surface area (Å²) in [7, 11) is -3.67. The van der Waals surface area contributed by atoms with E-state index in [1.807, 2.05) is 18.2 Å². The number of benzene rings is 2. The molecular weight excluding hydrogens is 388 g/mol. The largest absolute Gasteiger partial charge is 0.468 e. The van der Waals surface area contributed by atoms with Crippen LogP contribution in [0.15, 0.2) is 70.2 Å². The van der Waals surface area contributed by atoms with Gasteiger partial charge in [0.15, 0.2) is 0 Å².